The number of hydrogen-bond acceptors (Lipinski definition) is 3. The SMILES string of the molecule is CCOc1ccccc1NCc1c(F)cc(C#N)cc1F. The van der Waals surface area contributed by atoms with Gasteiger partial charge in [0.1, 0.15) is 17.4 Å². The van der Waals surface area contributed by atoms with Crippen LogP contribution in [0.25, 0.3) is 0 Å². The molecule has 2 rings (SSSR count). The van der Waals surface area contributed by atoms with Gasteiger partial charge in [-0.3, -0.25) is 0 Å². The minimum Gasteiger partial charge on any atom is -0.492 e. The van der Waals surface area contributed by atoms with Crippen molar-refractivity contribution < 1.29 is 13.5 Å². The highest BCUT2D eigenvalue weighted by Gasteiger charge is 2.12. The maximum atomic E-state index is 13.8. The zero-order valence-corrected chi connectivity index (χ0v) is 11.5. The molecule has 0 amide bonds. The van der Waals surface area contributed by atoms with Crippen LogP contribution in [0.3, 0.4) is 0 Å². The smallest absolute Gasteiger partial charge is 0.142 e. The van der Waals surface area contributed by atoms with Crippen molar-refractivity contribution in [3.63, 3.8) is 0 Å². The fraction of sp³-hybridized carbons (Fsp3) is 0.188. The molecular weight excluding hydrogens is 274 g/mol. The van der Waals surface area contributed by atoms with Crippen LogP contribution in [-0.4, -0.2) is 6.61 Å². The van der Waals surface area contributed by atoms with Crippen molar-refractivity contribution in [2.45, 2.75) is 13.5 Å². The summed E-state index contributed by atoms with van der Waals surface area (Å²) in [4.78, 5) is 0. The molecule has 0 aliphatic heterocycles. The monoisotopic (exact) mass is 288 g/mol. The molecule has 0 heterocycles. The molecule has 0 unspecified atom stereocenters. The van der Waals surface area contributed by atoms with Gasteiger partial charge < -0.3 is 10.1 Å². The maximum absolute atomic E-state index is 13.8. The summed E-state index contributed by atoms with van der Waals surface area (Å²) in [5, 5.41) is 11.6. The Balaban J connectivity index is 2.19. The van der Waals surface area contributed by atoms with Gasteiger partial charge in [-0.25, -0.2) is 8.78 Å². The van der Waals surface area contributed by atoms with Gasteiger partial charge in [-0.15, -0.1) is 0 Å². The summed E-state index contributed by atoms with van der Waals surface area (Å²) >= 11 is 0. The number of hydrogen-bond donors (Lipinski definition) is 1. The summed E-state index contributed by atoms with van der Waals surface area (Å²) in [6.45, 7) is 2.32. The fourth-order valence-corrected chi connectivity index (χ4v) is 1.91. The van der Waals surface area contributed by atoms with E-state index in [1.54, 1.807) is 24.3 Å². The van der Waals surface area contributed by atoms with E-state index in [2.05, 4.69) is 5.32 Å². The van der Waals surface area contributed by atoms with E-state index in [0.717, 1.165) is 12.1 Å². The average Bonchev–Trinajstić information content (AvgIpc) is 2.48. The van der Waals surface area contributed by atoms with E-state index in [-0.39, 0.29) is 17.7 Å². The number of ether oxygens (including phenoxy) is 1. The summed E-state index contributed by atoms with van der Waals surface area (Å²) in [7, 11) is 0. The molecule has 0 fully saturated rings. The van der Waals surface area contributed by atoms with Crippen LogP contribution in [0, 0.1) is 23.0 Å². The Morgan fingerprint density at radius 3 is 2.48 bits per heavy atom. The second-order valence-corrected chi connectivity index (χ2v) is 4.31. The Hall–Kier alpha value is -2.61. The van der Waals surface area contributed by atoms with Crippen LogP contribution in [-0.2, 0) is 6.54 Å². The molecule has 0 bridgehead atoms. The average molecular weight is 288 g/mol. The van der Waals surface area contributed by atoms with Gasteiger partial charge in [0.05, 0.1) is 23.9 Å². The van der Waals surface area contributed by atoms with E-state index in [9.17, 15) is 8.78 Å². The molecule has 0 saturated carbocycles. The van der Waals surface area contributed by atoms with Gasteiger partial charge >= 0.3 is 0 Å². The van der Waals surface area contributed by atoms with Crippen molar-refractivity contribution in [3.05, 3.63) is 59.2 Å². The molecule has 3 nitrogen and oxygen atoms in total. The third kappa shape index (κ3) is 3.48. The molecule has 0 atom stereocenters. The minimum absolute atomic E-state index is 0.0343. The van der Waals surface area contributed by atoms with E-state index >= 15 is 0 Å². The number of halogens is 2. The van der Waals surface area contributed by atoms with Crippen LogP contribution in [0.1, 0.15) is 18.1 Å². The third-order valence-corrected chi connectivity index (χ3v) is 2.91. The van der Waals surface area contributed by atoms with E-state index in [0.29, 0.717) is 18.0 Å². The van der Waals surface area contributed by atoms with Gasteiger partial charge in [0, 0.05) is 12.1 Å². The van der Waals surface area contributed by atoms with Crippen molar-refractivity contribution >= 4 is 5.69 Å². The Kier molecular flexibility index (Phi) is 4.72. The van der Waals surface area contributed by atoms with Gasteiger partial charge in [0.25, 0.3) is 0 Å². The van der Waals surface area contributed by atoms with E-state index in [1.165, 1.54) is 0 Å². The highest BCUT2D eigenvalue weighted by molar-refractivity contribution is 5.56. The van der Waals surface area contributed by atoms with Crippen LogP contribution >= 0.6 is 0 Å². The van der Waals surface area contributed by atoms with Gasteiger partial charge in [-0.2, -0.15) is 5.26 Å². The standard InChI is InChI=1S/C16H14F2N2O/c1-2-21-16-6-4-3-5-15(16)20-10-12-13(17)7-11(9-19)8-14(12)18/h3-8,20H,2,10H2,1H3. The van der Waals surface area contributed by atoms with Crippen molar-refractivity contribution in [1.29, 1.82) is 5.26 Å². The molecule has 0 saturated heterocycles. The predicted molar refractivity (Wildman–Crippen MR) is 76.0 cm³/mol. The van der Waals surface area contributed by atoms with Gasteiger partial charge in [0.2, 0.25) is 0 Å². The van der Waals surface area contributed by atoms with E-state index in [4.69, 9.17) is 10.00 Å². The molecule has 108 valence electrons. The fourth-order valence-electron chi connectivity index (χ4n) is 1.91. The van der Waals surface area contributed by atoms with Crippen molar-refractivity contribution in [2.24, 2.45) is 0 Å². The van der Waals surface area contributed by atoms with Crippen LogP contribution in [0.15, 0.2) is 36.4 Å². The lowest BCUT2D eigenvalue weighted by atomic mass is 10.1. The Bertz CT molecular complexity index is 657. The molecule has 0 aromatic heterocycles. The Labute approximate surface area is 121 Å². The number of nitriles is 1. The Morgan fingerprint density at radius 2 is 1.86 bits per heavy atom. The van der Waals surface area contributed by atoms with Gasteiger partial charge in [-0.1, -0.05) is 12.1 Å². The molecule has 0 aliphatic rings. The highest BCUT2D eigenvalue weighted by atomic mass is 19.1. The second-order valence-electron chi connectivity index (χ2n) is 4.31. The lowest BCUT2D eigenvalue weighted by Crippen LogP contribution is -2.06. The molecule has 5 heteroatoms. The maximum Gasteiger partial charge on any atom is 0.142 e. The first kappa shape index (κ1) is 14.8. The largest absolute Gasteiger partial charge is 0.492 e. The molecule has 21 heavy (non-hydrogen) atoms. The summed E-state index contributed by atoms with van der Waals surface area (Å²) < 4.78 is 33.0. The number of nitrogens with zero attached hydrogens (tertiary/aromatic N) is 1. The van der Waals surface area contributed by atoms with Crippen molar-refractivity contribution in [1.82, 2.24) is 0 Å². The molecule has 0 spiro atoms. The lowest BCUT2D eigenvalue weighted by molar-refractivity contribution is 0.341. The van der Waals surface area contributed by atoms with Crippen LogP contribution in [0.2, 0.25) is 0 Å². The number of para-hydroxylation sites is 2. The second kappa shape index (κ2) is 6.71. The summed E-state index contributed by atoms with van der Waals surface area (Å²) in [5.41, 5.74) is 0.506. The normalized spacial score (nSPS) is 10.0. The topological polar surface area (TPSA) is 45.0 Å². The van der Waals surface area contributed by atoms with E-state index in [1.807, 2.05) is 13.0 Å². The zero-order valence-electron chi connectivity index (χ0n) is 11.5. The highest BCUT2D eigenvalue weighted by Crippen LogP contribution is 2.25. The van der Waals surface area contributed by atoms with Gasteiger partial charge in [0.15, 0.2) is 0 Å². The molecule has 2 aromatic rings. The van der Waals surface area contributed by atoms with Gasteiger partial charge in [-0.05, 0) is 31.2 Å². The first-order chi connectivity index (χ1) is 10.2. The van der Waals surface area contributed by atoms with Crippen molar-refractivity contribution in [2.75, 3.05) is 11.9 Å². The number of rotatable bonds is 5. The summed E-state index contributed by atoms with van der Waals surface area (Å²) in [6, 6.07) is 10.9. The molecular formula is C16H14F2N2O. The number of benzene rings is 2. The molecule has 0 radical (unpaired) electrons. The zero-order chi connectivity index (χ0) is 15.2. The Morgan fingerprint density at radius 1 is 1.19 bits per heavy atom. The van der Waals surface area contributed by atoms with Crippen LogP contribution < -0.4 is 10.1 Å². The van der Waals surface area contributed by atoms with Crippen LogP contribution in [0.4, 0.5) is 14.5 Å². The molecule has 1 N–H and O–H groups in total. The van der Waals surface area contributed by atoms with Crippen molar-refractivity contribution in [3.8, 4) is 11.8 Å². The van der Waals surface area contributed by atoms with E-state index < -0.39 is 11.6 Å². The number of anilines is 1. The summed E-state index contributed by atoms with van der Waals surface area (Å²) in [6.07, 6.45) is 0. The summed E-state index contributed by atoms with van der Waals surface area (Å²) in [5.74, 6) is -0.865. The first-order valence-electron chi connectivity index (χ1n) is 6.49. The predicted octanol–water partition coefficient (Wildman–Crippen LogP) is 3.85. The first-order valence-corrected chi connectivity index (χ1v) is 6.49. The minimum atomic E-state index is -0.743. The third-order valence-electron chi connectivity index (χ3n) is 2.91. The van der Waals surface area contributed by atoms with Crippen LogP contribution in [0.5, 0.6) is 5.75 Å². The number of nitrogens with one attached hydrogen (secondary N) is 1. The lowest BCUT2D eigenvalue weighted by Gasteiger charge is -2.13. The quantitative estimate of drug-likeness (QED) is 0.909. The molecule has 2 aromatic carbocycles. The molecule has 0 aliphatic carbocycles.